The van der Waals surface area contributed by atoms with Gasteiger partial charge in [0.2, 0.25) is 11.8 Å². The number of nitrogens with zero attached hydrogens (tertiary/aromatic N) is 4. The van der Waals surface area contributed by atoms with Gasteiger partial charge in [0, 0.05) is 29.4 Å². The minimum Gasteiger partial charge on any atom is -0.443 e. The van der Waals surface area contributed by atoms with E-state index < -0.39 is 5.69 Å². The van der Waals surface area contributed by atoms with Crippen LogP contribution in [-0.4, -0.2) is 31.9 Å². The van der Waals surface area contributed by atoms with E-state index in [1.54, 1.807) is 24.1 Å². The van der Waals surface area contributed by atoms with Crippen molar-refractivity contribution in [1.82, 2.24) is 19.4 Å². The number of hydrogen-bond acceptors (Lipinski definition) is 5. The van der Waals surface area contributed by atoms with Crippen LogP contribution in [0.25, 0.3) is 0 Å². The molecule has 3 aromatic rings. The molecule has 0 unspecified atom stereocenters. The summed E-state index contributed by atoms with van der Waals surface area (Å²) in [4.78, 5) is 35.6. The molecule has 1 saturated heterocycles. The SMILES string of the molecule is Cc1cc(C)n(CC(=O)N2CCCC[C@H]2c2ncc(Cc3ccc(Cl)cc3)o2)c(=O)n1. The van der Waals surface area contributed by atoms with Gasteiger partial charge in [0.05, 0.1) is 6.20 Å². The van der Waals surface area contributed by atoms with Gasteiger partial charge in [-0.3, -0.25) is 9.36 Å². The van der Waals surface area contributed by atoms with E-state index in [4.69, 9.17) is 16.0 Å². The van der Waals surface area contributed by atoms with Crippen LogP contribution >= 0.6 is 11.6 Å². The van der Waals surface area contributed by atoms with E-state index in [1.807, 2.05) is 31.2 Å². The number of aromatic nitrogens is 3. The van der Waals surface area contributed by atoms with Gasteiger partial charge >= 0.3 is 5.69 Å². The Hall–Kier alpha value is -2.93. The lowest BCUT2D eigenvalue weighted by Gasteiger charge is -2.34. The van der Waals surface area contributed by atoms with Gasteiger partial charge in [0.25, 0.3) is 0 Å². The van der Waals surface area contributed by atoms with Crippen molar-refractivity contribution in [3.8, 4) is 0 Å². The largest absolute Gasteiger partial charge is 0.443 e. The maximum absolute atomic E-state index is 13.1. The van der Waals surface area contributed by atoms with E-state index in [2.05, 4.69) is 9.97 Å². The fourth-order valence-corrected chi connectivity index (χ4v) is 4.17. The summed E-state index contributed by atoms with van der Waals surface area (Å²) < 4.78 is 7.45. The number of piperidine rings is 1. The molecule has 8 heteroatoms. The van der Waals surface area contributed by atoms with Gasteiger partial charge in [0.15, 0.2) is 0 Å². The summed E-state index contributed by atoms with van der Waals surface area (Å²) in [6.45, 7) is 4.16. The summed E-state index contributed by atoms with van der Waals surface area (Å²) in [5, 5.41) is 0.691. The highest BCUT2D eigenvalue weighted by atomic mass is 35.5. The number of carbonyl (C=O) groups excluding carboxylic acids is 1. The van der Waals surface area contributed by atoms with Crippen LogP contribution < -0.4 is 5.69 Å². The van der Waals surface area contributed by atoms with E-state index >= 15 is 0 Å². The molecule has 1 fully saturated rings. The van der Waals surface area contributed by atoms with Crippen molar-refractivity contribution < 1.29 is 9.21 Å². The van der Waals surface area contributed by atoms with E-state index in [1.165, 1.54) is 4.57 Å². The number of rotatable bonds is 5. The van der Waals surface area contributed by atoms with Gasteiger partial charge in [-0.2, -0.15) is 4.98 Å². The quantitative estimate of drug-likeness (QED) is 0.602. The molecular formula is C23H25ClN4O3. The Morgan fingerprint density at radius 2 is 2.00 bits per heavy atom. The number of halogens is 1. The number of hydrogen-bond donors (Lipinski definition) is 0. The number of benzene rings is 1. The highest BCUT2D eigenvalue weighted by Crippen LogP contribution is 2.31. The van der Waals surface area contributed by atoms with Crippen LogP contribution in [0, 0.1) is 13.8 Å². The molecule has 1 aliphatic heterocycles. The Balaban J connectivity index is 1.51. The Morgan fingerprint density at radius 1 is 1.23 bits per heavy atom. The standard InChI is InChI=1S/C23H25ClN4O3/c1-15-11-16(2)28(23(30)26-15)14-21(29)27-10-4-3-5-20(27)22-25-13-19(31-22)12-17-6-8-18(24)9-7-17/h6-9,11,13,20H,3-5,10,12,14H2,1-2H3/t20-/m0/s1. The molecule has 0 spiro atoms. The summed E-state index contributed by atoms with van der Waals surface area (Å²) in [6.07, 6.45) is 5.02. The second-order valence-electron chi connectivity index (χ2n) is 7.97. The molecule has 3 heterocycles. The minimum absolute atomic E-state index is 0.0349. The van der Waals surface area contributed by atoms with Crippen LogP contribution in [0.15, 0.2) is 45.7 Å². The zero-order chi connectivity index (χ0) is 22.0. The first-order valence-electron chi connectivity index (χ1n) is 10.4. The summed E-state index contributed by atoms with van der Waals surface area (Å²) in [7, 11) is 0. The lowest BCUT2D eigenvalue weighted by molar-refractivity contribution is -0.136. The van der Waals surface area contributed by atoms with Crippen molar-refractivity contribution in [3.63, 3.8) is 0 Å². The van der Waals surface area contributed by atoms with E-state index in [0.717, 1.165) is 36.3 Å². The predicted molar refractivity (Wildman–Crippen MR) is 117 cm³/mol. The number of oxazole rings is 1. The maximum Gasteiger partial charge on any atom is 0.348 e. The molecule has 1 aromatic carbocycles. The van der Waals surface area contributed by atoms with Crippen LogP contribution in [0.3, 0.4) is 0 Å². The molecule has 1 atom stereocenters. The minimum atomic E-state index is -0.402. The summed E-state index contributed by atoms with van der Waals surface area (Å²) >= 11 is 5.95. The molecule has 162 valence electrons. The molecule has 1 amide bonds. The molecule has 0 bridgehead atoms. The van der Waals surface area contributed by atoms with E-state index in [0.29, 0.717) is 29.6 Å². The Bertz CT molecular complexity index is 1140. The monoisotopic (exact) mass is 440 g/mol. The molecule has 1 aliphatic rings. The number of aryl methyl sites for hydroxylation is 2. The summed E-state index contributed by atoms with van der Waals surface area (Å²) in [5.74, 6) is 1.16. The molecule has 0 saturated carbocycles. The van der Waals surface area contributed by atoms with Crippen molar-refractivity contribution >= 4 is 17.5 Å². The lowest BCUT2D eigenvalue weighted by atomic mass is 10.0. The third kappa shape index (κ3) is 4.88. The van der Waals surface area contributed by atoms with Gasteiger partial charge in [-0.25, -0.2) is 9.78 Å². The zero-order valence-corrected chi connectivity index (χ0v) is 18.4. The first-order valence-corrected chi connectivity index (χ1v) is 10.8. The predicted octanol–water partition coefficient (Wildman–Crippen LogP) is 3.85. The number of likely N-dealkylation sites (tertiary alicyclic amines) is 1. The third-order valence-electron chi connectivity index (χ3n) is 5.61. The third-order valence-corrected chi connectivity index (χ3v) is 5.86. The molecule has 0 aliphatic carbocycles. The average Bonchev–Trinajstić information content (AvgIpc) is 3.20. The molecule has 4 rings (SSSR count). The van der Waals surface area contributed by atoms with Gasteiger partial charge in [-0.15, -0.1) is 0 Å². The van der Waals surface area contributed by atoms with Gasteiger partial charge < -0.3 is 9.32 Å². The van der Waals surface area contributed by atoms with Crippen LogP contribution in [0.2, 0.25) is 5.02 Å². The fraction of sp³-hybridized carbons (Fsp3) is 0.391. The van der Waals surface area contributed by atoms with Gasteiger partial charge in [0.1, 0.15) is 18.3 Å². The number of amides is 1. The molecule has 0 N–H and O–H groups in total. The second kappa shape index (κ2) is 9.06. The maximum atomic E-state index is 13.1. The lowest BCUT2D eigenvalue weighted by Crippen LogP contribution is -2.42. The zero-order valence-electron chi connectivity index (χ0n) is 17.7. The second-order valence-corrected chi connectivity index (χ2v) is 8.41. The summed E-state index contributed by atoms with van der Waals surface area (Å²) in [6, 6.07) is 9.18. The van der Waals surface area contributed by atoms with Crippen molar-refractivity contribution in [2.45, 2.75) is 52.1 Å². The first kappa shape index (κ1) is 21.3. The molecule has 7 nitrogen and oxygen atoms in total. The highest BCUT2D eigenvalue weighted by molar-refractivity contribution is 6.30. The Kier molecular flexibility index (Phi) is 6.23. The Morgan fingerprint density at radius 3 is 2.74 bits per heavy atom. The molecule has 0 radical (unpaired) electrons. The average molecular weight is 441 g/mol. The summed E-state index contributed by atoms with van der Waals surface area (Å²) in [5.41, 5.74) is 2.04. The van der Waals surface area contributed by atoms with Crippen molar-refractivity contribution in [2.75, 3.05) is 6.54 Å². The van der Waals surface area contributed by atoms with E-state index in [-0.39, 0.29) is 18.5 Å². The molecular weight excluding hydrogens is 416 g/mol. The van der Waals surface area contributed by atoms with Gasteiger partial charge in [-0.1, -0.05) is 23.7 Å². The molecule has 31 heavy (non-hydrogen) atoms. The van der Waals surface area contributed by atoms with Crippen LogP contribution in [0.4, 0.5) is 0 Å². The van der Waals surface area contributed by atoms with Crippen LogP contribution in [-0.2, 0) is 17.8 Å². The number of carbonyl (C=O) groups is 1. The Labute approximate surface area is 185 Å². The van der Waals surface area contributed by atoms with Gasteiger partial charge in [-0.05, 0) is 56.9 Å². The smallest absolute Gasteiger partial charge is 0.348 e. The van der Waals surface area contributed by atoms with Crippen molar-refractivity contribution in [1.29, 1.82) is 0 Å². The van der Waals surface area contributed by atoms with Crippen LogP contribution in [0.5, 0.6) is 0 Å². The highest BCUT2D eigenvalue weighted by Gasteiger charge is 2.31. The molecule has 2 aromatic heterocycles. The normalized spacial score (nSPS) is 16.5. The van der Waals surface area contributed by atoms with Crippen molar-refractivity contribution in [3.05, 3.63) is 80.6 Å². The van der Waals surface area contributed by atoms with Crippen molar-refractivity contribution in [2.24, 2.45) is 0 Å². The van der Waals surface area contributed by atoms with E-state index in [9.17, 15) is 9.59 Å². The topological polar surface area (TPSA) is 81.2 Å². The fourth-order valence-electron chi connectivity index (χ4n) is 4.04. The first-order chi connectivity index (χ1) is 14.9. The van der Waals surface area contributed by atoms with Crippen LogP contribution in [0.1, 0.15) is 53.9 Å².